The molecule has 0 radical (unpaired) electrons. The van der Waals surface area contributed by atoms with E-state index in [1.165, 1.54) is 14.7 Å². The molecule has 3 rings (SSSR count). The quantitative estimate of drug-likeness (QED) is 0.345. The second-order valence-corrected chi connectivity index (χ2v) is 10.1. The van der Waals surface area contributed by atoms with Gasteiger partial charge in [-0.05, 0) is 79.2 Å². The van der Waals surface area contributed by atoms with Crippen LogP contribution in [0.2, 0.25) is 0 Å². The Morgan fingerprint density at radius 2 is 0.938 bits per heavy atom. The van der Waals surface area contributed by atoms with Gasteiger partial charge in [0, 0.05) is 5.75 Å². The van der Waals surface area contributed by atoms with Crippen molar-refractivity contribution in [1.82, 2.24) is 0 Å². The van der Waals surface area contributed by atoms with E-state index in [0.717, 1.165) is 17.2 Å². The van der Waals surface area contributed by atoms with Crippen LogP contribution in [0.15, 0.2) is 87.5 Å². The first-order valence-corrected chi connectivity index (χ1v) is 12.7. The summed E-state index contributed by atoms with van der Waals surface area (Å²) in [6, 6.07) is 24.7. The van der Waals surface area contributed by atoms with Gasteiger partial charge in [-0.3, -0.25) is 0 Å². The maximum Gasteiger partial charge on any atom is 0.166 e. The van der Waals surface area contributed by atoms with Crippen LogP contribution in [0.1, 0.15) is 13.3 Å². The minimum absolute atomic E-state index is 0.212. The molecule has 0 aliphatic rings. The lowest BCUT2D eigenvalue weighted by molar-refractivity contribution is 0.414. The van der Waals surface area contributed by atoms with Gasteiger partial charge in [-0.2, -0.15) is 0 Å². The van der Waals surface area contributed by atoms with E-state index in [1.54, 1.807) is 28.3 Å². The highest BCUT2D eigenvalue weighted by Gasteiger charge is 2.28. The van der Waals surface area contributed by atoms with E-state index in [4.69, 9.17) is 14.2 Å². The lowest BCUT2D eigenvalue weighted by Gasteiger charge is -2.10. The van der Waals surface area contributed by atoms with Crippen LogP contribution in [0.5, 0.6) is 17.2 Å². The zero-order valence-corrected chi connectivity index (χ0v) is 20.2. The minimum atomic E-state index is -3.92. The zero-order valence-electron chi connectivity index (χ0n) is 18.6. The fourth-order valence-electron chi connectivity index (χ4n) is 2.79. The number of rotatable bonds is 8. The van der Waals surface area contributed by atoms with Crippen LogP contribution in [0, 0.1) is 0 Å². The Morgan fingerprint density at radius 1 is 0.656 bits per heavy atom. The van der Waals surface area contributed by atoms with E-state index in [-0.39, 0.29) is 16.6 Å². The molecule has 0 aliphatic heterocycles. The largest absolute Gasteiger partial charge is 0.748 e. The number of methoxy groups -OCH3 is 3. The van der Waals surface area contributed by atoms with Crippen molar-refractivity contribution in [1.29, 1.82) is 0 Å². The van der Waals surface area contributed by atoms with E-state index < -0.39 is 10.1 Å². The van der Waals surface area contributed by atoms with Crippen molar-refractivity contribution < 1.29 is 27.2 Å². The van der Waals surface area contributed by atoms with Gasteiger partial charge in [-0.15, -0.1) is 0 Å². The average molecular weight is 477 g/mol. The number of hydrogen-bond acceptors (Lipinski definition) is 6. The molecule has 3 aromatic rings. The standard InChI is InChI=1S/C21H21O3S.C3H8O3S/c1-22-16-4-10-19(11-5-16)25(20-12-6-17(23-2)7-13-20)21-14-8-18(24-3)9-15-21;1-2-3-7(4,5)6/h4-15H,1-3H3;2-3H2,1H3,(H,4,5,6)/q+1;/p-1. The lowest BCUT2D eigenvalue weighted by Crippen LogP contribution is -2.05. The van der Waals surface area contributed by atoms with Crippen LogP contribution in [-0.2, 0) is 21.0 Å². The fraction of sp³-hybridized carbons (Fsp3) is 0.250. The molecule has 0 amide bonds. The zero-order chi connectivity index (χ0) is 23.6. The van der Waals surface area contributed by atoms with Crippen molar-refractivity contribution in [3.8, 4) is 17.2 Å². The van der Waals surface area contributed by atoms with Gasteiger partial charge in [0.2, 0.25) is 0 Å². The van der Waals surface area contributed by atoms with E-state index >= 15 is 0 Å². The predicted molar refractivity (Wildman–Crippen MR) is 126 cm³/mol. The third kappa shape index (κ3) is 7.78. The molecule has 0 N–H and O–H groups in total. The highest BCUT2D eigenvalue weighted by atomic mass is 32.2. The van der Waals surface area contributed by atoms with Crippen LogP contribution in [0.3, 0.4) is 0 Å². The van der Waals surface area contributed by atoms with Crippen LogP contribution in [0.4, 0.5) is 0 Å². The van der Waals surface area contributed by atoms with Crippen molar-refractivity contribution in [3.05, 3.63) is 72.8 Å². The summed E-state index contributed by atoms with van der Waals surface area (Å²) in [7, 11) is 0.911. The molecule has 0 unspecified atom stereocenters. The Bertz CT molecular complexity index is 934. The molecule has 172 valence electrons. The van der Waals surface area contributed by atoms with Gasteiger partial charge in [0.05, 0.1) is 42.3 Å². The summed E-state index contributed by atoms with van der Waals surface area (Å²) in [5, 5.41) is 0. The first-order chi connectivity index (χ1) is 15.3. The van der Waals surface area contributed by atoms with Crippen LogP contribution in [0.25, 0.3) is 0 Å². The van der Waals surface area contributed by atoms with E-state index in [0.29, 0.717) is 6.42 Å². The molecule has 0 spiro atoms. The minimum Gasteiger partial charge on any atom is -0.748 e. The van der Waals surface area contributed by atoms with Gasteiger partial charge in [-0.25, -0.2) is 8.42 Å². The molecular weight excluding hydrogens is 448 g/mol. The third-order valence-electron chi connectivity index (χ3n) is 4.34. The highest BCUT2D eigenvalue weighted by molar-refractivity contribution is 7.97. The second kappa shape index (κ2) is 12.4. The molecule has 32 heavy (non-hydrogen) atoms. The summed E-state index contributed by atoms with van der Waals surface area (Å²) in [5.41, 5.74) is 0. The Morgan fingerprint density at radius 3 is 1.09 bits per heavy atom. The molecule has 6 nitrogen and oxygen atoms in total. The second-order valence-electron chi connectivity index (χ2n) is 6.59. The van der Waals surface area contributed by atoms with Gasteiger partial charge < -0.3 is 18.8 Å². The first-order valence-electron chi connectivity index (χ1n) is 9.91. The van der Waals surface area contributed by atoms with Gasteiger partial charge in [0.25, 0.3) is 0 Å². The molecular formula is C24H28O6S2. The molecule has 0 aromatic heterocycles. The average Bonchev–Trinajstić information content (AvgIpc) is 2.80. The molecule has 8 heteroatoms. The number of benzene rings is 3. The normalized spacial score (nSPS) is 10.8. The van der Waals surface area contributed by atoms with Gasteiger partial charge in [0.15, 0.2) is 14.7 Å². The monoisotopic (exact) mass is 476 g/mol. The van der Waals surface area contributed by atoms with Gasteiger partial charge >= 0.3 is 0 Å². The lowest BCUT2D eigenvalue weighted by atomic mass is 10.3. The summed E-state index contributed by atoms with van der Waals surface area (Å²) < 4.78 is 44.9. The Balaban J connectivity index is 0.000000451. The van der Waals surface area contributed by atoms with Crippen molar-refractivity contribution in [3.63, 3.8) is 0 Å². The number of hydrogen-bond donors (Lipinski definition) is 0. The van der Waals surface area contributed by atoms with Crippen molar-refractivity contribution in [2.75, 3.05) is 27.1 Å². The maximum absolute atomic E-state index is 9.68. The van der Waals surface area contributed by atoms with Crippen LogP contribution >= 0.6 is 0 Å². The van der Waals surface area contributed by atoms with Crippen molar-refractivity contribution in [2.45, 2.75) is 28.0 Å². The smallest absolute Gasteiger partial charge is 0.166 e. The van der Waals surface area contributed by atoms with E-state index in [2.05, 4.69) is 36.4 Å². The molecule has 0 fully saturated rings. The maximum atomic E-state index is 9.68. The van der Waals surface area contributed by atoms with Gasteiger partial charge in [0.1, 0.15) is 17.2 Å². The molecule has 0 aliphatic carbocycles. The first kappa shape index (κ1) is 25.6. The predicted octanol–water partition coefficient (Wildman–Crippen LogP) is 4.75. The van der Waals surface area contributed by atoms with Crippen LogP contribution in [-0.4, -0.2) is 40.1 Å². The summed E-state index contributed by atoms with van der Waals surface area (Å²) in [6.07, 6.45) is 0.409. The summed E-state index contributed by atoms with van der Waals surface area (Å²) in [6.45, 7) is 1.65. The SMILES string of the molecule is CCCS(=O)(=O)[O-].COc1ccc([S+](c2ccc(OC)cc2)c2ccc(OC)cc2)cc1. The van der Waals surface area contributed by atoms with E-state index in [1.807, 2.05) is 36.4 Å². The topological polar surface area (TPSA) is 84.9 Å². The molecule has 0 heterocycles. The summed E-state index contributed by atoms with van der Waals surface area (Å²) in [4.78, 5) is 3.70. The van der Waals surface area contributed by atoms with Crippen molar-refractivity contribution in [2.24, 2.45) is 0 Å². The Labute approximate surface area is 193 Å². The Kier molecular flexibility index (Phi) is 9.90. The van der Waals surface area contributed by atoms with Crippen molar-refractivity contribution >= 4 is 21.0 Å². The van der Waals surface area contributed by atoms with Crippen LogP contribution < -0.4 is 14.2 Å². The summed E-state index contributed by atoms with van der Waals surface area (Å²) in [5.74, 6) is 2.33. The highest BCUT2D eigenvalue weighted by Crippen LogP contribution is 2.33. The Hall–Kier alpha value is -2.68. The molecule has 3 aromatic carbocycles. The summed E-state index contributed by atoms with van der Waals surface area (Å²) >= 11 is 0. The molecule has 0 atom stereocenters. The van der Waals surface area contributed by atoms with E-state index in [9.17, 15) is 13.0 Å². The fourth-order valence-corrected chi connectivity index (χ4v) is 5.33. The molecule has 0 saturated carbocycles. The molecule has 0 saturated heterocycles. The third-order valence-corrected chi connectivity index (χ3v) is 7.48. The number of ether oxygens (including phenoxy) is 3. The molecule has 0 bridgehead atoms. The van der Waals surface area contributed by atoms with Gasteiger partial charge in [-0.1, -0.05) is 6.92 Å².